The summed E-state index contributed by atoms with van der Waals surface area (Å²) in [6.07, 6.45) is 3.89. The molecule has 0 spiro atoms. The van der Waals surface area contributed by atoms with Crippen molar-refractivity contribution in [1.82, 2.24) is 19.1 Å². The highest BCUT2D eigenvalue weighted by Crippen LogP contribution is 2.46. The lowest BCUT2D eigenvalue weighted by Gasteiger charge is -2.29. The topological polar surface area (TPSA) is 106 Å². The number of carbonyl (C=O) groups excluding carboxylic acids is 1. The van der Waals surface area contributed by atoms with Crippen LogP contribution in [0, 0.1) is 11.3 Å². The normalized spacial score (nSPS) is 14.6. The van der Waals surface area contributed by atoms with Gasteiger partial charge in [0.15, 0.2) is 0 Å². The molecule has 10 heteroatoms. The van der Waals surface area contributed by atoms with Crippen molar-refractivity contribution < 1.29 is 9.53 Å². The Morgan fingerprint density at radius 1 is 1.15 bits per heavy atom. The standard InChI is InChI=1S/C29H27ClN6O3/c1-6-24-32-14-21(27(33-24)39-5)22-12-20-26(35(22)16(2)3)25(18-9-7-17(13-31)8-10-18)36(28(20)37)23-11-19(30)15-34(4)29(23)38/h7-12,14-16,25H,6H2,1-5H3/t25-/m1/s1. The molecule has 0 N–H and O–H groups in total. The van der Waals surface area contributed by atoms with E-state index in [1.165, 1.54) is 21.7 Å². The Balaban J connectivity index is 1.81. The largest absolute Gasteiger partial charge is 0.480 e. The van der Waals surface area contributed by atoms with Crippen LogP contribution in [0.15, 0.2) is 53.6 Å². The van der Waals surface area contributed by atoms with Gasteiger partial charge in [-0.1, -0.05) is 30.7 Å². The zero-order chi connectivity index (χ0) is 28.0. The Kier molecular flexibility index (Phi) is 6.74. The predicted octanol–water partition coefficient (Wildman–Crippen LogP) is 5.07. The summed E-state index contributed by atoms with van der Waals surface area (Å²) in [5.41, 5.74) is 3.64. The highest BCUT2D eigenvalue weighted by atomic mass is 35.5. The van der Waals surface area contributed by atoms with E-state index in [2.05, 4.69) is 20.6 Å². The molecule has 1 aliphatic rings. The van der Waals surface area contributed by atoms with Crippen LogP contribution in [0.25, 0.3) is 11.3 Å². The van der Waals surface area contributed by atoms with Crippen LogP contribution in [-0.2, 0) is 13.5 Å². The maximum Gasteiger partial charge on any atom is 0.274 e. The van der Waals surface area contributed by atoms with Crippen LogP contribution in [-0.4, -0.2) is 32.1 Å². The number of anilines is 1. The second kappa shape index (κ2) is 10.0. The first-order valence-corrected chi connectivity index (χ1v) is 12.9. The SMILES string of the molecule is CCc1ncc(-c2cc3c(n2C(C)C)[C@@H](c2ccc(C#N)cc2)N(c2cc(Cl)cn(C)c2=O)C3=O)c(OC)n1. The van der Waals surface area contributed by atoms with Crippen molar-refractivity contribution in [3.05, 3.63) is 92.4 Å². The number of hydrogen-bond acceptors (Lipinski definition) is 6. The number of benzene rings is 1. The predicted molar refractivity (Wildman–Crippen MR) is 148 cm³/mol. The molecule has 4 aromatic rings. The van der Waals surface area contributed by atoms with E-state index >= 15 is 0 Å². The van der Waals surface area contributed by atoms with Crippen molar-refractivity contribution in [2.45, 2.75) is 39.3 Å². The van der Waals surface area contributed by atoms with Crippen LogP contribution >= 0.6 is 11.6 Å². The molecule has 39 heavy (non-hydrogen) atoms. The van der Waals surface area contributed by atoms with Gasteiger partial charge in [0.2, 0.25) is 5.88 Å². The Labute approximate surface area is 230 Å². The molecule has 3 aromatic heterocycles. The second-order valence-corrected chi connectivity index (χ2v) is 10.1. The van der Waals surface area contributed by atoms with Crippen LogP contribution in [0.3, 0.4) is 0 Å². The van der Waals surface area contributed by atoms with E-state index in [0.29, 0.717) is 39.8 Å². The fraction of sp³-hybridized carbons (Fsp3) is 0.276. The number of aromatic nitrogens is 4. The maximum absolute atomic E-state index is 14.2. The Morgan fingerprint density at radius 2 is 1.87 bits per heavy atom. The number of fused-ring (bicyclic) bond motifs is 1. The molecule has 1 amide bonds. The fourth-order valence-corrected chi connectivity index (χ4v) is 5.40. The average molecular weight is 543 g/mol. The molecule has 0 fully saturated rings. The molecule has 1 aromatic carbocycles. The Hall–Kier alpha value is -4.42. The number of methoxy groups -OCH3 is 1. The van der Waals surface area contributed by atoms with Gasteiger partial charge in [0.1, 0.15) is 17.6 Å². The molecule has 0 saturated carbocycles. The average Bonchev–Trinajstić information content (AvgIpc) is 3.45. The van der Waals surface area contributed by atoms with Crippen molar-refractivity contribution in [3.8, 4) is 23.2 Å². The number of hydrogen-bond donors (Lipinski definition) is 0. The number of halogens is 1. The zero-order valence-corrected chi connectivity index (χ0v) is 23.0. The van der Waals surface area contributed by atoms with E-state index in [4.69, 9.17) is 16.3 Å². The van der Waals surface area contributed by atoms with Gasteiger partial charge in [-0.15, -0.1) is 0 Å². The Bertz CT molecular complexity index is 1700. The smallest absolute Gasteiger partial charge is 0.274 e. The van der Waals surface area contributed by atoms with E-state index < -0.39 is 6.04 Å². The van der Waals surface area contributed by atoms with Crippen molar-refractivity contribution in [2.24, 2.45) is 7.05 Å². The third-order valence-electron chi connectivity index (χ3n) is 6.89. The number of carbonyl (C=O) groups is 1. The molecular weight excluding hydrogens is 516 g/mol. The van der Waals surface area contributed by atoms with Gasteiger partial charge in [0.05, 0.1) is 46.3 Å². The third-order valence-corrected chi connectivity index (χ3v) is 7.10. The second-order valence-electron chi connectivity index (χ2n) is 9.63. The van der Waals surface area contributed by atoms with E-state index in [1.807, 2.05) is 39.0 Å². The van der Waals surface area contributed by atoms with Crippen molar-refractivity contribution in [1.29, 1.82) is 5.26 Å². The van der Waals surface area contributed by atoms with Gasteiger partial charge < -0.3 is 13.9 Å². The fourth-order valence-electron chi connectivity index (χ4n) is 5.15. The van der Waals surface area contributed by atoms with Crippen LogP contribution in [0.1, 0.15) is 65.9 Å². The zero-order valence-electron chi connectivity index (χ0n) is 22.3. The minimum atomic E-state index is -0.649. The molecule has 5 rings (SSSR count). The Morgan fingerprint density at radius 3 is 2.49 bits per heavy atom. The summed E-state index contributed by atoms with van der Waals surface area (Å²) < 4.78 is 9.06. The van der Waals surface area contributed by atoms with Gasteiger partial charge >= 0.3 is 0 Å². The summed E-state index contributed by atoms with van der Waals surface area (Å²) in [6.45, 7) is 6.02. The van der Waals surface area contributed by atoms with Gasteiger partial charge in [-0.05, 0) is 43.7 Å². The van der Waals surface area contributed by atoms with E-state index in [-0.39, 0.29) is 23.2 Å². The molecule has 0 unspecified atom stereocenters. The van der Waals surface area contributed by atoms with Crippen molar-refractivity contribution >= 4 is 23.2 Å². The summed E-state index contributed by atoms with van der Waals surface area (Å²) in [4.78, 5) is 38.0. The van der Waals surface area contributed by atoms with Crippen molar-refractivity contribution in [2.75, 3.05) is 12.0 Å². The van der Waals surface area contributed by atoms with Gasteiger partial charge in [0.25, 0.3) is 11.5 Å². The number of pyridine rings is 1. The van der Waals surface area contributed by atoms with Crippen molar-refractivity contribution in [3.63, 3.8) is 0 Å². The first-order chi connectivity index (χ1) is 18.7. The van der Waals surface area contributed by atoms with Crippen LogP contribution in [0.4, 0.5) is 5.69 Å². The number of ether oxygens (including phenoxy) is 1. The number of amides is 1. The van der Waals surface area contributed by atoms with Gasteiger partial charge in [-0.3, -0.25) is 14.5 Å². The van der Waals surface area contributed by atoms with Crippen LogP contribution < -0.4 is 15.2 Å². The summed E-state index contributed by atoms with van der Waals surface area (Å²) in [5, 5.41) is 9.69. The van der Waals surface area contributed by atoms with Crippen LogP contribution in [0.2, 0.25) is 5.02 Å². The number of aryl methyl sites for hydroxylation is 2. The number of nitrogens with zero attached hydrogens (tertiary/aromatic N) is 6. The summed E-state index contributed by atoms with van der Waals surface area (Å²) in [7, 11) is 3.16. The van der Waals surface area contributed by atoms with Crippen LogP contribution in [0.5, 0.6) is 5.88 Å². The molecule has 0 aliphatic carbocycles. The summed E-state index contributed by atoms with van der Waals surface area (Å²) in [6, 6.07) is 11.8. The molecule has 9 nitrogen and oxygen atoms in total. The van der Waals surface area contributed by atoms with Gasteiger partial charge in [-0.25, -0.2) is 4.98 Å². The first-order valence-electron chi connectivity index (χ1n) is 12.5. The molecule has 1 aliphatic heterocycles. The number of rotatable bonds is 6. The van der Waals surface area contributed by atoms with E-state index in [0.717, 1.165) is 17.0 Å². The van der Waals surface area contributed by atoms with E-state index in [1.54, 1.807) is 32.5 Å². The molecule has 0 bridgehead atoms. The van der Waals surface area contributed by atoms with E-state index in [9.17, 15) is 14.9 Å². The molecule has 198 valence electrons. The summed E-state index contributed by atoms with van der Waals surface area (Å²) >= 11 is 6.35. The monoisotopic (exact) mass is 542 g/mol. The molecule has 0 radical (unpaired) electrons. The minimum absolute atomic E-state index is 0.0740. The lowest BCUT2D eigenvalue weighted by atomic mass is 10.0. The van der Waals surface area contributed by atoms with Gasteiger partial charge in [-0.2, -0.15) is 10.2 Å². The molecule has 0 saturated heterocycles. The third kappa shape index (κ3) is 4.27. The minimum Gasteiger partial charge on any atom is -0.480 e. The number of nitriles is 1. The summed E-state index contributed by atoms with van der Waals surface area (Å²) in [5.74, 6) is 0.743. The highest BCUT2D eigenvalue weighted by Gasteiger charge is 2.44. The maximum atomic E-state index is 14.2. The molecule has 1 atom stereocenters. The lowest BCUT2D eigenvalue weighted by molar-refractivity contribution is 0.0993. The molecular formula is C29H27ClN6O3. The highest BCUT2D eigenvalue weighted by molar-refractivity contribution is 6.30. The lowest BCUT2D eigenvalue weighted by Crippen LogP contribution is -2.35. The molecule has 4 heterocycles. The quantitative estimate of drug-likeness (QED) is 0.337. The van der Waals surface area contributed by atoms with Gasteiger partial charge in [0, 0.05) is 31.9 Å². The first kappa shape index (κ1) is 26.2.